The first-order valence-corrected chi connectivity index (χ1v) is 4.32. The molecule has 5 heteroatoms. The van der Waals surface area contributed by atoms with Crippen molar-refractivity contribution < 1.29 is 24.1 Å². The molecule has 1 aromatic carbocycles. The second kappa shape index (κ2) is 5.43. The van der Waals surface area contributed by atoms with Crippen LogP contribution in [0.2, 0.25) is 0 Å². The first-order valence-electron chi connectivity index (χ1n) is 4.32. The predicted molar refractivity (Wildman–Crippen MR) is 49.8 cm³/mol. The maximum absolute atomic E-state index is 12.5. The van der Waals surface area contributed by atoms with Gasteiger partial charge in [-0.15, -0.1) is 0 Å². The maximum atomic E-state index is 12.5. The van der Waals surface area contributed by atoms with Gasteiger partial charge in [-0.1, -0.05) is 12.1 Å². The van der Waals surface area contributed by atoms with E-state index in [4.69, 9.17) is 9.84 Å². The highest BCUT2D eigenvalue weighted by atomic mass is 19.1. The van der Waals surface area contributed by atoms with Crippen molar-refractivity contribution in [1.29, 1.82) is 0 Å². The highest BCUT2D eigenvalue weighted by molar-refractivity contribution is 5.67. The van der Waals surface area contributed by atoms with Gasteiger partial charge in [-0.3, -0.25) is 0 Å². The molecule has 1 aromatic rings. The fourth-order valence-corrected chi connectivity index (χ4v) is 1.04. The van der Waals surface area contributed by atoms with E-state index in [0.29, 0.717) is 5.56 Å². The molecule has 2 N–H and O–H groups in total. The van der Waals surface area contributed by atoms with E-state index in [2.05, 4.69) is 0 Å². The zero-order valence-electron chi connectivity index (χ0n) is 7.89. The van der Waals surface area contributed by atoms with Gasteiger partial charge in [0.1, 0.15) is 18.5 Å². The van der Waals surface area contributed by atoms with Crippen LogP contribution < -0.4 is 0 Å². The van der Waals surface area contributed by atoms with Crippen molar-refractivity contribution in [3.8, 4) is 0 Å². The largest absolute Gasteiger partial charge is 0.480 e. The molecule has 4 nitrogen and oxygen atoms in total. The molecule has 0 aliphatic heterocycles. The SMILES string of the molecule is O=C(O)COCC(O)c1ccc(F)cc1. The van der Waals surface area contributed by atoms with Gasteiger partial charge >= 0.3 is 5.97 Å². The van der Waals surface area contributed by atoms with Crippen molar-refractivity contribution in [1.82, 2.24) is 0 Å². The second-order valence-corrected chi connectivity index (χ2v) is 2.98. The summed E-state index contributed by atoms with van der Waals surface area (Å²) in [6.07, 6.45) is -0.940. The fourth-order valence-electron chi connectivity index (χ4n) is 1.04. The van der Waals surface area contributed by atoms with Gasteiger partial charge in [0.15, 0.2) is 0 Å². The number of carbonyl (C=O) groups is 1. The van der Waals surface area contributed by atoms with Gasteiger partial charge in [-0.05, 0) is 17.7 Å². The normalized spacial score (nSPS) is 12.4. The second-order valence-electron chi connectivity index (χ2n) is 2.98. The molecule has 0 heterocycles. The Morgan fingerprint density at radius 3 is 2.53 bits per heavy atom. The van der Waals surface area contributed by atoms with Gasteiger partial charge in [0.05, 0.1) is 6.61 Å². The number of hydrogen-bond donors (Lipinski definition) is 2. The monoisotopic (exact) mass is 214 g/mol. The van der Waals surface area contributed by atoms with E-state index in [9.17, 15) is 14.3 Å². The average Bonchev–Trinajstić information content (AvgIpc) is 2.18. The van der Waals surface area contributed by atoms with Crippen LogP contribution in [0, 0.1) is 5.82 Å². The molecule has 1 unspecified atom stereocenters. The molecular formula is C10H11FO4. The minimum absolute atomic E-state index is 0.127. The number of halogens is 1. The third-order valence-corrected chi connectivity index (χ3v) is 1.76. The van der Waals surface area contributed by atoms with E-state index in [1.165, 1.54) is 24.3 Å². The minimum Gasteiger partial charge on any atom is -0.480 e. The van der Waals surface area contributed by atoms with Gasteiger partial charge in [0, 0.05) is 0 Å². The number of hydrogen-bond acceptors (Lipinski definition) is 3. The quantitative estimate of drug-likeness (QED) is 0.766. The number of aliphatic carboxylic acids is 1. The van der Waals surface area contributed by atoms with Crippen molar-refractivity contribution in [2.24, 2.45) is 0 Å². The Hall–Kier alpha value is -1.46. The van der Waals surface area contributed by atoms with Crippen LogP contribution in [0.1, 0.15) is 11.7 Å². The van der Waals surface area contributed by atoms with E-state index in [1.807, 2.05) is 0 Å². The molecule has 82 valence electrons. The maximum Gasteiger partial charge on any atom is 0.329 e. The smallest absolute Gasteiger partial charge is 0.329 e. The third kappa shape index (κ3) is 4.05. The summed E-state index contributed by atoms with van der Waals surface area (Å²) in [5, 5.41) is 17.8. The predicted octanol–water partition coefficient (Wildman–Crippen LogP) is 0.960. The lowest BCUT2D eigenvalue weighted by Crippen LogP contribution is -2.13. The Kier molecular flexibility index (Phi) is 4.20. The van der Waals surface area contributed by atoms with Crippen molar-refractivity contribution in [3.05, 3.63) is 35.6 Å². The molecule has 0 saturated carbocycles. The lowest BCUT2D eigenvalue weighted by Gasteiger charge is -2.10. The summed E-state index contributed by atoms with van der Waals surface area (Å²) in [6.45, 7) is -0.587. The molecule has 0 aliphatic rings. The van der Waals surface area contributed by atoms with Crippen molar-refractivity contribution in [2.45, 2.75) is 6.10 Å². The topological polar surface area (TPSA) is 66.8 Å². The summed E-state index contributed by atoms with van der Waals surface area (Å²) in [5.41, 5.74) is 0.488. The summed E-state index contributed by atoms with van der Waals surface area (Å²) in [4.78, 5) is 10.1. The van der Waals surface area contributed by atoms with Crippen LogP contribution in [0.15, 0.2) is 24.3 Å². The van der Waals surface area contributed by atoms with Gasteiger partial charge in [-0.25, -0.2) is 9.18 Å². The van der Waals surface area contributed by atoms with Crippen molar-refractivity contribution >= 4 is 5.97 Å². The molecule has 0 spiro atoms. The molecular weight excluding hydrogens is 203 g/mol. The number of ether oxygens (including phenoxy) is 1. The standard InChI is InChI=1S/C10H11FO4/c11-8-3-1-7(2-4-8)9(12)5-15-6-10(13)14/h1-4,9,12H,5-6H2,(H,13,14). The number of benzene rings is 1. The van der Waals surface area contributed by atoms with Gasteiger partial charge in [-0.2, -0.15) is 0 Å². The Morgan fingerprint density at radius 1 is 1.40 bits per heavy atom. The van der Waals surface area contributed by atoms with E-state index in [-0.39, 0.29) is 6.61 Å². The Bertz CT molecular complexity index is 323. The van der Waals surface area contributed by atoms with E-state index in [0.717, 1.165) is 0 Å². The summed E-state index contributed by atoms with van der Waals surface area (Å²) in [7, 11) is 0. The zero-order chi connectivity index (χ0) is 11.3. The van der Waals surface area contributed by atoms with Crippen LogP contribution in [-0.2, 0) is 9.53 Å². The van der Waals surface area contributed by atoms with Crippen molar-refractivity contribution in [2.75, 3.05) is 13.2 Å². The van der Waals surface area contributed by atoms with Crippen LogP contribution in [0.25, 0.3) is 0 Å². The van der Waals surface area contributed by atoms with Gasteiger partial charge < -0.3 is 14.9 Å². The number of aliphatic hydroxyl groups is 1. The summed E-state index contributed by atoms with van der Waals surface area (Å²) >= 11 is 0. The molecule has 0 radical (unpaired) electrons. The molecule has 0 saturated heterocycles. The number of aliphatic hydroxyl groups excluding tert-OH is 1. The summed E-state index contributed by atoms with van der Waals surface area (Å²) < 4.78 is 17.2. The zero-order valence-corrected chi connectivity index (χ0v) is 7.89. The average molecular weight is 214 g/mol. The fraction of sp³-hybridized carbons (Fsp3) is 0.300. The molecule has 0 bridgehead atoms. The van der Waals surface area contributed by atoms with Crippen LogP contribution in [0.5, 0.6) is 0 Å². The first kappa shape index (κ1) is 11.6. The van der Waals surface area contributed by atoms with Gasteiger partial charge in [0.2, 0.25) is 0 Å². The number of carboxylic acid groups (broad SMARTS) is 1. The lowest BCUT2D eigenvalue weighted by molar-refractivity contribution is -0.143. The van der Waals surface area contributed by atoms with Crippen LogP contribution in [0.4, 0.5) is 4.39 Å². The van der Waals surface area contributed by atoms with Crippen molar-refractivity contribution in [3.63, 3.8) is 0 Å². The molecule has 0 aromatic heterocycles. The molecule has 0 aliphatic carbocycles. The number of carboxylic acids is 1. The van der Waals surface area contributed by atoms with Crippen LogP contribution in [-0.4, -0.2) is 29.4 Å². The Balaban J connectivity index is 2.43. The summed E-state index contributed by atoms with van der Waals surface area (Å²) in [5.74, 6) is -1.49. The van der Waals surface area contributed by atoms with E-state index >= 15 is 0 Å². The third-order valence-electron chi connectivity index (χ3n) is 1.76. The first-order chi connectivity index (χ1) is 7.09. The molecule has 0 fully saturated rings. The van der Waals surface area contributed by atoms with Crippen LogP contribution in [0.3, 0.4) is 0 Å². The summed E-state index contributed by atoms with van der Waals surface area (Å²) in [6, 6.07) is 5.28. The minimum atomic E-state index is -1.10. The van der Waals surface area contributed by atoms with E-state index < -0.39 is 24.5 Å². The highest BCUT2D eigenvalue weighted by Crippen LogP contribution is 2.13. The number of rotatable bonds is 5. The lowest BCUT2D eigenvalue weighted by atomic mass is 10.1. The molecule has 1 atom stereocenters. The Labute approximate surface area is 85.9 Å². The molecule has 15 heavy (non-hydrogen) atoms. The molecule has 1 rings (SSSR count). The Morgan fingerprint density at radius 2 is 2.00 bits per heavy atom. The molecule has 0 amide bonds. The van der Waals surface area contributed by atoms with E-state index in [1.54, 1.807) is 0 Å². The highest BCUT2D eigenvalue weighted by Gasteiger charge is 2.08. The van der Waals surface area contributed by atoms with Crippen LogP contribution >= 0.6 is 0 Å². The van der Waals surface area contributed by atoms with Gasteiger partial charge in [0.25, 0.3) is 0 Å².